The first kappa shape index (κ1) is 24.2. The first-order chi connectivity index (χ1) is 15.9. The minimum absolute atomic E-state index is 0.00841. The van der Waals surface area contributed by atoms with Crippen LogP contribution in [-0.2, 0) is 21.2 Å². The zero-order valence-corrected chi connectivity index (χ0v) is 19.5. The van der Waals surface area contributed by atoms with Gasteiger partial charge in [-0.25, -0.2) is 28.1 Å². The van der Waals surface area contributed by atoms with Crippen LogP contribution in [0.3, 0.4) is 0 Å². The highest BCUT2D eigenvalue weighted by atomic mass is 32.2. The topological polar surface area (TPSA) is 138 Å². The van der Waals surface area contributed by atoms with Crippen LogP contribution in [-0.4, -0.2) is 35.0 Å². The summed E-state index contributed by atoms with van der Waals surface area (Å²) in [6.07, 6.45) is 5.73. The normalized spacial score (nSPS) is 10.9. The van der Waals surface area contributed by atoms with Crippen LogP contribution < -0.4 is 10.0 Å². The molecule has 3 aromatic rings. The van der Waals surface area contributed by atoms with E-state index in [-0.39, 0.29) is 22.5 Å². The van der Waals surface area contributed by atoms with Crippen molar-refractivity contribution in [3.05, 3.63) is 66.1 Å². The second kappa shape index (κ2) is 11.4. The quantitative estimate of drug-likeness (QED) is 0.418. The van der Waals surface area contributed by atoms with Crippen molar-refractivity contribution in [2.75, 3.05) is 15.8 Å². The van der Waals surface area contributed by atoms with Gasteiger partial charge in [0.05, 0.1) is 16.2 Å². The number of anilines is 2. The number of thioether (sulfide) groups is 1. The van der Waals surface area contributed by atoms with Crippen LogP contribution >= 0.6 is 11.8 Å². The highest BCUT2D eigenvalue weighted by Crippen LogP contribution is 2.22. The lowest BCUT2D eigenvalue weighted by Crippen LogP contribution is -2.16. The summed E-state index contributed by atoms with van der Waals surface area (Å²) in [7, 11) is -3.85. The van der Waals surface area contributed by atoms with Crippen molar-refractivity contribution >= 4 is 39.3 Å². The number of nitriles is 1. The lowest BCUT2D eigenvalue weighted by Gasteiger charge is -2.09. The van der Waals surface area contributed by atoms with Crippen LogP contribution in [0.15, 0.2) is 64.8 Å². The van der Waals surface area contributed by atoms with E-state index in [9.17, 15) is 18.5 Å². The number of amides is 1. The van der Waals surface area contributed by atoms with Gasteiger partial charge in [0.15, 0.2) is 0 Å². The first-order valence-electron chi connectivity index (χ1n) is 10.1. The molecule has 11 heteroatoms. The van der Waals surface area contributed by atoms with E-state index in [1.807, 2.05) is 6.07 Å². The molecule has 2 heterocycles. The van der Waals surface area contributed by atoms with E-state index in [1.165, 1.54) is 48.4 Å². The SMILES string of the molecule is CCCCc1ccc(C#N)c(SCC(=O)Nc2ccc(S(=O)(=O)Nc3ncccn3)cc2)n1. The lowest BCUT2D eigenvalue weighted by molar-refractivity contribution is -0.113. The average Bonchev–Trinajstić information content (AvgIpc) is 2.82. The Morgan fingerprint density at radius 3 is 2.52 bits per heavy atom. The summed E-state index contributed by atoms with van der Waals surface area (Å²) in [5.74, 6) is -0.265. The maximum Gasteiger partial charge on any atom is 0.264 e. The molecule has 0 bridgehead atoms. The van der Waals surface area contributed by atoms with E-state index in [0.717, 1.165) is 25.0 Å². The van der Waals surface area contributed by atoms with Gasteiger partial charge in [-0.15, -0.1) is 0 Å². The standard InChI is InChI=1S/C22H22N6O3S2/c1-2-3-5-17-7-6-16(14-23)21(27-17)32-15-20(29)26-18-8-10-19(11-9-18)33(30,31)28-22-24-12-4-13-25-22/h4,6-13H,2-3,5,15H2,1H3,(H,26,29)(H,24,25,28). The maximum atomic E-state index is 12.4. The van der Waals surface area contributed by atoms with Gasteiger partial charge in [0.25, 0.3) is 10.0 Å². The smallest absolute Gasteiger partial charge is 0.264 e. The third-order valence-corrected chi connectivity index (χ3v) is 6.74. The molecule has 1 amide bonds. The monoisotopic (exact) mass is 482 g/mol. The maximum absolute atomic E-state index is 12.4. The van der Waals surface area contributed by atoms with Crippen LogP contribution in [0.5, 0.6) is 0 Å². The highest BCUT2D eigenvalue weighted by molar-refractivity contribution is 8.00. The first-order valence-corrected chi connectivity index (χ1v) is 12.6. The van der Waals surface area contributed by atoms with E-state index in [4.69, 9.17) is 0 Å². The van der Waals surface area contributed by atoms with Crippen LogP contribution in [0.25, 0.3) is 0 Å². The van der Waals surface area contributed by atoms with Crippen LogP contribution in [0, 0.1) is 11.3 Å². The van der Waals surface area contributed by atoms with Gasteiger partial charge in [0.2, 0.25) is 11.9 Å². The molecule has 0 saturated heterocycles. The number of hydrogen-bond acceptors (Lipinski definition) is 8. The number of rotatable bonds is 10. The molecule has 0 unspecified atom stereocenters. The molecule has 170 valence electrons. The number of nitrogens with zero attached hydrogens (tertiary/aromatic N) is 4. The van der Waals surface area contributed by atoms with E-state index >= 15 is 0 Å². The number of hydrogen-bond donors (Lipinski definition) is 2. The van der Waals surface area contributed by atoms with Crippen molar-refractivity contribution in [1.29, 1.82) is 5.26 Å². The predicted molar refractivity (Wildman–Crippen MR) is 126 cm³/mol. The number of carbonyl (C=O) groups is 1. The molecule has 0 aliphatic heterocycles. The third-order valence-electron chi connectivity index (χ3n) is 4.40. The van der Waals surface area contributed by atoms with Gasteiger partial charge in [-0.3, -0.25) is 4.79 Å². The Morgan fingerprint density at radius 2 is 1.85 bits per heavy atom. The molecule has 0 fully saturated rings. The second-order valence-corrected chi connectivity index (χ2v) is 9.56. The van der Waals surface area contributed by atoms with E-state index in [2.05, 4.69) is 38.0 Å². The Balaban J connectivity index is 1.59. The molecule has 0 aliphatic rings. The summed E-state index contributed by atoms with van der Waals surface area (Å²) in [5, 5.41) is 12.5. The molecule has 0 atom stereocenters. The van der Waals surface area contributed by atoms with Gasteiger partial charge < -0.3 is 5.32 Å². The van der Waals surface area contributed by atoms with Crippen molar-refractivity contribution in [2.45, 2.75) is 36.1 Å². The van der Waals surface area contributed by atoms with Crippen molar-refractivity contribution in [3.8, 4) is 6.07 Å². The van der Waals surface area contributed by atoms with Gasteiger partial charge in [0.1, 0.15) is 11.1 Å². The fourth-order valence-electron chi connectivity index (χ4n) is 2.75. The largest absolute Gasteiger partial charge is 0.325 e. The molecule has 2 N–H and O–H groups in total. The van der Waals surface area contributed by atoms with E-state index in [0.29, 0.717) is 16.3 Å². The Labute approximate surface area is 196 Å². The summed E-state index contributed by atoms with van der Waals surface area (Å²) >= 11 is 1.19. The Morgan fingerprint density at radius 1 is 1.12 bits per heavy atom. The molecule has 2 aromatic heterocycles. The summed E-state index contributed by atoms with van der Waals surface area (Å²) in [6.45, 7) is 2.10. The number of benzene rings is 1. The van der Waals surface area contributed by atoms with Crippen LogP contribution in [0.1, 0.15) is 31.0 Å². The summed E-state index contributed by atoms with van der Waals surface area (Å²) < 4.78 is 27.2. The summed E-state index contributed by atoms with van der Waals surface area (Å²) in [4.78, 5) is 24.6. The van der Waals surface area contributed by atoms with Crippen molar-refractivity contribution in [2.24, 2.45) is 0 Å². The van der Waals surface area contributed by atoms with E-state index < -0.39 is 10.0 Å². The van der Waals surface area contributed by atoms with Crippen LogP contribution in [0.4, 0.5) is 11.6 Å². The number of unbranched alkanes of at least 4 members (excludes halogenated alkanes) is 1. The van der Waals surface area contributed by atoms with Gasteiger partial charge in [-0.2, -0.15) is 5.26 Å². The van der Waals surface area contributed by atoms with Crippen molar-refractivity contribution < 1.29 is 13.2 Å². The van der Waals surface area contributed by atoms with Gasteiger partial charge in [-0.1, -0.05) is 25.1 Å². The Kier molecular flexibility index (Phi) is 8.34. The molecule has 3 rings (SSSR count). The molecule has 0 radical (unpaired) electrons. The number of sulfonamides is 1. The third kappa shape index (κ3) is 7.00. The second-order valence-electron chi connectivity index (χ2n) is 6.91. The predicted octanol–water partition coefficient (Wildman–Crippen LogP) is 3.62. The molecule has 9 nitrogen and oxygen atoms in total. The summed E-state index contributed by atoms with van der Waals surface area (Å²) in [6, 6.07) is 13.0. The molecule has 33 heavy (non-hydrogen) atoms. The van der Waals surface area contributed by atoms with Crippen molar-refractivity contribution in [1.82, 2.24) is 15.0 Å². The number of aryl methyl sites for hydroxylation is 1. The van der Waals surface area contributed by atoms with Gasteiger partial charge >= 0.3 is 0 Å². The van der Waals surface area contributed by atoms with Crippen molar-refractivity contribution in [3.63, 3.8) is 0 Å². The molecule has 1 aromatic carbocycles. The van der Waals surface area contributed by atoms with E-state index in [1.54, 1.807) is 12.1 Å². The number of pyridine rings is 1. The minimum Gasteiger partial charge on any atom is -0.325 e. The molecular formula is C22H22N6O3S2. The van der Waals surface area contributed by atoms with Gasteiger partial charge in [-0.05, 0) is 55.3 Å². The molecule has 0 saturated carbocycles. The Hall–Kier alpha value is -3.49. The van der Waals surface area contributed by atoms with Gasteiger partial charge in [0, 0.05) is 23.8 Å². The number of nitrogens with one attached hydrogen (secondary N) is 2. The molecular weight excluding hydrogens is 460 g/mol. The van der Waals surface area contributed by atoms with Crippen LogP contribution in [0.2, 0.25) is 0 Å². The number of aromatic nitrogens is 3. The minimum atomic E-state index is -3.85. The zero-order valence-electron chi connectivity index (χ0n) is 17.9. The highest BCUT2D eigenvalue weighted by Gasteiger charge is 2.16. The molecule has 0 aliphatic carbocycles. The Bertz CT molecular complexity index is 1240. The summed E-state index contributed by atoms with van der Waals surface area (Å²) in [5.41, 5.74) is 1.77. The average molecular weight is 483 g/mol. The fourth-order valence-corrected chi connectivity index (χ4v) is 4.50. The molecule has 0 spiro atoms. The zero-order chi connectivity index (χ0) is 23.7. The number of carbonyl (C=O) groups excluding carboxylic acids is 1. The fraction of sp³-hybridized carbons (Fsp3) is 0.227. The lowest BCUT2D eigenvalue weighted by atomic mass is 10.2.